The Kier molecular flexibility index (Phi) is 8.02. The van der Waals surface area contributed by atoms with Crippen LogP contribution >= 0.6 is 0 Å². The van der Waals surface area contributed by atoms with Gasteiger partial charge in [0.2, 0.25) is 5.91 Å². The maximum Gasteiger partial charge on any atom is 0.237 e. The van der Waals surface area contributed by atoms with Gasteiger partial charge in [-0.15, -0.1) is 0 Å². The predicted molar refractivity (Wildman–Crippen MR) is 76.9 cm³/mol. The van der Waals surface area contributed by atoms with Crippen LogP contribution in [0.25, 0.3) is 0 Å². The molecule has 1 saturated heterocycles. The summed E-state index contributed by atoms with van der Waals surface area (Å²) in [7, 11) is 0. The average Bonchev–Trinajstić information content (AvgIpc) is 2.45. The van der Waals surface area contributed by atoms with Crippen molar-refractivity contribution >= 4 is 5.91 Å². The van der Waals surface area contributed by atoms with Gasteiger partial charge in [-0.1, -0.05) is 26.7 Å². The number of nitrogens with two attached hydrogens (primary N) is 1. The van der Waals surface area contributed by atoms with Crippen molar-refractivity contribution < 1.29 is 9.53 Å². The van der Waals surface area contributed by atoms with Gasteiger partial charge in [-0.2, -0.15) is 0 Å². The Morgan fingerprint density at radius 2 is 1.95 bits per heavy atom. The second-order valence-corrected chi connectivity index (χ2v) is 5.10. The SMILES string of the molecule is CCC(CC)C(C(=O)NCCCN)N1CCOCC1. The molecule has 0 aromatic heterocycles. The number of hydrogen-bond donors (Lipinski definition) is 2. The smallest absolute Gasteiger partial charge is 0.237 e. The van der Waals surface area contributed by atoms with Crippen molar-refractivity contribution in [2.45, 2.75) is 39.2 Å². The first-order valence-electron chi connectivity index (χ1n) is 7.54. The number of nitrogens with one attached hydrogen (secondary N) is 1. The molecule has 1 aliphatic heterocycles. The molecule has 0 aliphatic carbocycles. The Balaban J connectivity index is 2.64. The van der Waals surface area contributed by atoms with Crippen molar-refractivity contribution in [3.63, 3.8) is 0 Å². The topological polar surface area (TPSA) is 67.6 Å². The van der Waals surface area contributed by atoms with Crippen molar-refractivity contribution in [2.75, 3.05) is 39.4 Å². The zero-order chi connectivity index (χ0) is 14.1. The molecule has 5 heteroatoms. The lowest BCUT2D eigenvalue weighted by Gasteiger charge is -2.37. The van der Waals surface area contributed by atoms with E-state index >= 15 is 0 Å². The molecule has 0 aromatic carbocycles. The number of ether oxygens (including phenoxy) is 1. The Labute approximate surface area is 116 Å². The monoisotopic (exact) mass is 271 g/mol. The molecule has 0 spiro atoms. The predicted octanol–water partition coefficient (Wildman–Crippen LogP) is 0.588. The molecule has 1 rings (SSSR count). The number of amides is 1. The lowest BCUT2D eigenvalue weighted by molar-refractivity contribution is -0.130. The molecule has 1 atom stereocenters. The summed E-state index contributed by atoms with van der Waals surface area (Å²) in [6.07, 6.45) is 2.90. The average molecular weight is 271 g/mol. The Bertz CT molecular complexity index is 251. The van der Waals surface area contributed by atoms with E-state index < -0.39 is 0 Å². The molecule has 1 unspecified atom stereocenters. The molecule has 0 radical (unpaired) electrons. The lowest BCUT2D eigenvalue weighted by atomic mass is 9.91. The fraction of sp³-hybridized carbons (Fsp3) is 0.929. The highest BCUT2D eigenvalue weighted by atomic mass is 16.5. The third-order valence-electron chi connectivity index (χ3n) is 3.88. The van der Waals surface area contributed by atoms with Crippen LogP contribution in [0.2, 0.25) is 0 Å². The maximum absolute atomic E-state index is 12.4. The summed E-state index contributed by atoms with van der Waals surface area (Å²) in [5.74, 6) is 0.569. The highest BCUT2D eigenvalue weighted by Gasteiger charge is 2.32. The van der Waals surface area contributed by atoms with Crippen molar-refractivity contribution in [3.05, 3.63) is 0 Å². The Morgan fingerprint density at radius 1 is 1.32 bits per heavy atom. The molecule has 1 heterocycles. The molecule has 0 aromatic rings. The number of carbonyl (C=O) groups excluding carboxylic acids is 1. The van der Waals surface area contributed by atoms with Crippen LogP contribution in [0.15, 0.2) is 0 Å². The summed E-state index contributed by atoms with van der Waals surface area (Å²) >= 11 is 0. The van der Waals surface area contributed by atoms with Gasteiger partial charge in [0.15, 0.2) is 0 Å². The number of nitrogens with zero attached hydrogens (tertiary/aromatic N) is 1. The molecule has 5 nitrogen and oxygen atoms in total. The van der Waals surface area contributed by atoms with E-state index in [9.17, 15) is 4.79 Å². The van der Waals surface area contributed by atoms with E-state index in [0.717, 1.165) is 45.6 Å². The van der Waals surface area contributed by atoms with Crippen molar-refractivity contribution in [2.24, 2.45) is 11.7 Å². The maximum atomic E-state index is 12.4. The standard InChI is InChI=1S/C14H29N3O2/c1-3-12(4-2)13(14(18)16-7-5-6-15)17-8-10-19-11-9-17/h12-13H,3-11,15H2,1-2H3,(H,16,18). The van der Waals surface area contributed by atoms with Crippen LogP contribution in [0.4, 0.5) is 0 Å². The van der Waals surface area contributed by atoms with Crippen LogP contribution in [0.3, 0.4) is 0 Å². The van der Waals surface area contributed by atoms with Crippen molar-refractivity contribution in [3.8, 4) is 0 Å². The summed E-state index contributed by atoms with van der Waals surface area (Å²) in [4.78, 5) is 14.7. The van der Waals surface area contributed by atoms with Gasteiger partial charge in [-0.3, -0.25) is 9.69 Å². The number of morpholine rings is 1. The lowest BCUT2D eigenvalue weighted by Crippen LogP contribution is -2.54. The molecule has 0 bridgehead atoms. The quantitative estimate of drug-likeness (QED) is 0.634. The van der Waals surface area contributed by atoms with Gasteiger partial charge < -0.3 is 15.8 Å². The zero-order valence-electron chi connectivity index (χ0n) is 12.4. The van der Waals surface area contributed by atoms with Gasteiger partial charge in [0, 0.05) is 19.6 Å². The van der Waals surface area contributed by atoms with E-state index in [-0.39, 0.29) is 11.9 Å². The number of hydrogen-bond acceptors (Lipinski definition) is 4. The molecule has 0 saturated carbocycles. The van der Waals surface area contributed by atoms with Crippen LogP contribution in [0.5, 0.6) is 0 Å². The molecular formula is C14H29N3O2. The van der Waals surface area contributed by atoms with E-state index in [1.165, 1.54) is 0 Å². The highest BCUT2D eigenvalue weighted by molar-refractivity contribution is 5.82. The number of carbonyl (C=O) groups is 1. The Hall–Kier alpha value is -0.650. The minimum Gasteiger partial charge on any atom is -0.379 e. The molecular weight excluding hydrogens is 242 g/mol. The second-order valence-electron chi connectivity index (χ2n) is 5.10. The molecule has 3 N–H and O–H groups in total. The van der Waals surface area contributed by atoms with Gasteiger partial charge in [-0.05, 0) is 18.9 Å². The highest BCUT2D eigenvalue weighted by Crippen LogP contribution is 2.20. The zero-order valence-corrected chi connectivity index (χ0v) is 12.4. The van der Waals surface area contributed by atoms with E-state index in [1.807, 2.05) is 0 Å². The summed E-state index contributed by atoms with van der Waals surface area (Å²) in [6.45, 7) is 8.78. The first-order chi connectivity index (χ1) is 9.24. The third-order valence-corrected chi connectivity index (χ3v) is 3.88. The van der Waals surface area contributed by atoms with Crippen LogP contribution < -0.4 is 11.1 Å². The van der Waals surface area contributed by atoms with Gasteiger partial charge >= 0.3 is 0 Å². The van der Waals surface area contributed by atoms with Gasteiger partial charge in [0.1, 0.15) is 0 Å². The van der Waals surface area contributed by atoms with E-state index in [2.05, 4.69) is 24.1 Å². The fourth-order valence-electron chi connectivity index (χ4n) is 2.69. The Morgan fingerprint density at radius 3 is 2.47 bits per heavy atom. The van der Waals surface area contributed by atoms with E-state index in [0.29, 0.717) is 19.0 Å². The summed E-state index contributed by atoms with van der Waals surface area (Å²) < 4.78 is 5.39. The van der Waals surface area contributed by atoms with Crippen LogP contribution in [-0.2, 0) is 9.53 Å². The molecule has 1 amide bonds. The first kappa shape index (κ1) is 16.4. The van der Waals surface area contributed by atoms with Crippen LogP contribution in [0, 0.1) is 5.92 Å². The largest absolute Gasteiger partial charge is 0.379 e. The molecule has 112 valence electrons. The van der Waals surface area contributed by atoms with Crippen LogP contribution in [0.1, 0.15) is 33.1 Å². The summed E-state index contributed by atoms with van der Waals surface area (Å²) in [5.41, 5.74) is 5.47. The second kappa shape index (κ2) is 9.28. The minimum absolute atomic E-state index is 0.0170. The van der Waals surface area contributed by atoms with Crippen LogP contribution in [-0.4, -0.2) is 56.2 Å². The van der Waals surface area contributed by atoms with Gasteiger partial charge in [0.25, 0.3) is 0 Å². The van der Waals surface area contributed by atoms with Gasteiger partial charge in [-0.25, -0.2) is 0 Å². The number of rotatable bonds is 8. The minimum atomic E-state index is -0.0170. The molecule has 1 aliphatic rings. The van der Waals surface area contributed by atoms with Crippen molar-refractivity contribution in [1.29, 1.82) is 0 Å². The van der Waals surface area contributed by atoms with Gasteiger partial charge in [0.05, 0.1) is 19.3 Å². The first-order valence-corrected chi connectivity index (χ1v) is 7.54. The summed E-state index contributed by atoms with van der Waals surface area (Å²) in [5, 5.41) is 3.03. The van der Waals surface area contributed by atoms with Crippen molar-refractivity contribution in [1.82, 2.24) is 10.2 Å². The van der Waals surface area contributed by atoms with E-state index in [4.69, 9.17) is 10.5 Å². The molecule has 1 fully saturated rings. The van der Waals surface area contributed by atoms with E-state index in [1.54, 1.807) is 0 Å². The molecule has 19 heavy (non-hydrogen) atoms. The fourth-order valence-corrected chi connectivity index (χ4v) is 2.69. The summed E-state index contributed by atoms with van der Waals surface area (Å²) in [6, 6.07) is -0.0170. The normalized spacial score (nSPS) is 18.5. The third kappa shape index (κ3) is 5.09.